The molecule has 3 aromatic rings. The highest BCUT2D eigenvalue weighted by molar-refractivity contribution is 7.90. The molecule has 3 rings (SSSR count). The summed E-state index contributed by atoms with van der Waals surface area (Å²) in [4.78, 5) is 18.9. The number of imidazole rings is 1. The summed E-state index contributed by atoms with van der Waals surface area (Å²) in [6, 6.07) is 14.4. The molecular formula is C25H28FN3O3S. The van der Waals surface area contributed by atoms with Crippen molar-refractivity contribution in [3.63, 3.8) is 0 Å². The van der Waals surface area contributed by atoms with Gasteiger partial charge in [-0.15, -0.1) is 6.58 Å². The maximum atomic E-state index is 13.7. The summed E-state index contributed by atoms with van der Waals surface area (Å²) in [5.41, 5.74) is 1.46. The molecule has 0 aliphatic rings. The van der Waals surface area contributed by atoms with Crippen LogP contribution in [0.25, 0.3) is 0 Å². The number of halogens is 1. The zero-order chi connectivity index (χ0) is 24.0. The van der Waals surface area contributed by atoms with Gasteiger partial charge in [-0.1, -0.05) is 56.3 Å². The minimum atomic E-state index is -3.73. The van der Waals surface area contributed by atoms with Crippen LogP contribution in [0.15, 0.2) is 78.6 Å². The molecule has 0 atom stereocenters. The monoisotopic (exact) mass is 469 g/mol. The lowest BCUT2D eigenvalue weighted by Crippen LogP contribution is -2.34. The normalized spacial score (nSPS) is 11.5. The minimum Gasteiger partial charge on any atom is -0.333 e. The van der Waals surface area contributed by atoms with Crippen molar-refractivity contribution in [2.45, 2.75) is 37.8 Å². The molecule has 8 heteroatoms. The highest BCUT2D eigenvalue weighted by Gasteiger charge is 2.26. The van der Waals surface area contributed by atoms with Crippen molar-refractivity contribution in [2.24, 2.45) is 5.92 Å². The Kier molecular flexibility index (Phi) is 7.81. The number of allylic oxidation sites excluding steroid dienone is 1. The van der Waals surface area contributed by atoms with Crippen LogP contribution in [0.3, 0.4) is 0 Å². The Balaban J connectivity index is 1.94. The Morgan fingerprint density at radius 2 is 1.91 bits per heavy atom. The van der Waals surface area contributed by atoms with Crippen molar-refractivity contribution in [2.75, 3.05) is 6.54 Å². The average molecular weight is 470 g/mol. The highest BCUT2D eigenvalue weighted by atomic mass is 32.2. The van der Waals surface area contributed by atoms with Gasteiger partial charge < -0.3 is 9.47 Å². The van der Waals surface area contributed by atoms with Crippen molar-refractivity contribution in [3.05, 3.63) is 96.1 Å². The summed E-state index contributed by atoms with van der Waals surface area (Å²) in [5.74, 6) is -0.849. The number of carbonyl (C=O) groups excluding carboxylic acids is 1. The second-order valence-corrected chi connectivity index (χ2v) is 10.1. The van der Waals surface area contributed by atoms with E-state index in [0.717, 1.165) is 0 Å². The van der Waals surface area contributed by atoms with E-state index in [0.29, 0.717) is 17.8 Å². The van der Waals surface area contributed by atoms with E-state index in [2.05, 4.69) is 11.6 Å². The number of aromatic nitrogens is 2. The number of nitrogens with zero attached hydrogens (tertiary/aromatic N) is 3. The Hall–Kier alpha value is -3.26. The fourth-order valence-corrected chi connectivity index (χ4v) is 5.11. The molecule has 174 valence electrons. The fourth-order valence-electron chi connectivity index (χ4n) is 3.61. The smallest absolute Gasteiger partial charge is 0.254 e. The predicted octanol–water partition coefficient (Wildman–Crippen LogP) is 4.48. The van der Waals surface area contributed by atoms with Crippen LogP contribution in [0, 0.1) is 11.7 Å². The second-order valence-electron chi connectivity index (χ2n) is 8.27. The lowest BCUT2D eigenvalue weighted by atomic mass is 10.1. The average Bonchev–Trinajstić information content (AvgIpc) is 3.16. The third-order valence-electron chi connectivity index (χ3n) is 4.99. The fraction of sp³-hybridized carbons (Fsp3) is 0.280. The molecule has 33 heavy (non-hydrogen) atoms. The van der Waals surface area contributed by atoms with Crippen LogP contribution < -0.4 is 0 Å². The number of sulfone groups is 1. The molecule has 6 nitrogen and oxygen atoms in total. The van der Waals surface area contributed by atoms with Crippen molar-refractivity contribution in [1.29, 1.82) is 0 Å². The molecule has 1 heterocycles. The van der Waals surface area contributed by atoms with E-state index in [1.54, 1.807) is 45.9 Å². The Labute approximate surface area is 194 Å². The van der Waals surface area contributed by atoms with E-state index < -0.39 is 15.7 Å². The second kappa shape index (κ2) is 10.6. The number of rotatable bonds is 10. The zero-order valence-electron chi connectivity index (χ0n) is 18.8. The molecule has 0 aliphatic carbocycles. The van der Waals surface area contributed by atoms with Gasteiger partial charge in [-0.05, 0) is 29.7 Å². The molecular weight excluding hydrogens is 441 g/mol. The van der Waals surface area contributed by atoms with Gasteiger partial charge in [0.1, 0.15) is 5.82 Å². The zero-order valence-corrected chi connectivity index (χ0v) is 19.6. The molecule has 0 fully saturated rings. The van der Waals surface area contributed by atoms with E-state index in [4.69, 9.17) is 0 Å². The predicted molar refractivity (Wildman–Crippen MR) is 126 cm³/mol. The lowest BCUT2D eigenvalue weighted by molar-refractivity contribution is 0.0718. The summed E-state index contributed by atoms with van der Waals surface area (Å²) in [5, 5.41) is -0.0658. The van der Waals surface area contributed by atoms with Gasteiger partial charge in [-0.2, -0.15) is 0 Å². The molecule has 2 aromatic carbocycles. The van der Waals surface area contributed by atoms with E-state index in [1.807, 2.05) is 19.9 Å². The lowest BCUT2D eigenvalue weighted by Gasteiger charge is -2.25. The van der Waals surface area contributed by atoms with Crippen molar-refractivity contribution in [3.8, 4) is 0 Å². The first kappa shape index (κ1) is 24.4. The van der Waals surface area contributed by atoms with E-state index in [9.17, 15) is 17.6 Å². The number of hydrogen-bond acceptors (Lipinski definition) is 4. The third kappa shape index (κ3) is 6.16. The molecule has 0 N–H and O–H groups in total. The summed E-state index contributed by atoms with van der Waals surface area (Å²) in [6.45, 7) is 8.46. The number of hydrogen-bond donors (Lipinski definition) is 0. The summed E-state index contributed by atoms with van der Waals surface area (Å²) < 4.78 is 41.5. The number of benzene rings is 2. The van der Waals surface area contributed by atoms with Gasteiger partial charge in [-0.25, -0.2) is 17.8 Å². The minimum absolute atomic E-state index is 0.0658. The Bertz CT molecular complexity index is 1220. The van der Waals surface area contributed by atoms with E-state index in [-0.39, 0.29) is 41.4 Å². The molecule has 0 saturated carbocycles. The third-order valence-corrected chi connectivity index (χ3v) is 6.58. The molecule has 0 unspecified atom stereocenters. The van der Waals surface area contributed by atoms with Crippen molar-refractivity contribution < 1.29 is 17.6 Å². The standard InChI is InChI=1S/C25H28FN3O3S/c1-4-13-29-23(15-27-25(29)33(31,32)18-20-9-6-5-7-10-20)17-28(16-19(2)3)24(30)21-11-8-12-22(26)14-21/h4-12,14-15,19H,1,13,16-18H2,2-3H3. The first-order valence-electron chi connectivity index (χ1n) is 10.7. The summed E-state index contributed by atoms with van der Waals surface area (Å²) >= 11 is 0. The maximum Gasteiger partial charge on any atom is 0.254 e. The Morgan fingerprint density at radius 1 is 1.18 bits per heavy atom. The van der Waals surface area contributed by atoms with Crippen LogP contribution in [0.5, 0.6) is 0 Å². The molecule has 0 radical (unpaired) electrons. The van der Waals surface area contributed by atoms with Crippen LogP contribution in [0.4, 0.5) is 4.39 Å². The van der Waals surface area contributed by atoms with Crippen LogP contribution in [-0.2, 0) is 28.7 Å². The van der Waals surface area contributed by atoms with Gasteiger partial charge in [0.05, 0.1) is 24.2 Å². The van der Waals surface area contributed by atoms with Gasteiger partial charge in [0, 0.05) is 18.7 Å². The van der Waals surface area contributed by atoms with Gasteiger partial charge in [0.2, 0.25) is 15.0 Å². The molecule has 1 amide bonds. The summed E-state index contributed by atoms with van der Waals surface area (Å²) in [6.07, 6.45) is 3.07. The maximum absolute atomic E-state index is 13.7. The van der Waals surface area contributed by atoms with E-state index in [1.165, 1.54) is 24.4 Å². The van der Waals surface area contributed by atoms with Crippen LogP contribution >= 0.6 is 0 Å². The molecule has 0 aliphatic heterocycles. The molecule has 1 aromatic heterocycles. The highest BCUT2D eigenvalue weighted by Crippen LogP contribution is 2.20. The SMILES string of the molecule is C=CCn1c(CN(CC(C)C)C(=O)c2cccc(F)c2)cnc1S(=O)(=O)Cc1ccccc1. The first-order chi connectivity index (χ1) is 15.7. The molecule has 0 saturated heterocycles. The largest absolute Gasteiger partial charge is 0.333 e. The topological polar surface area (TPSA) is 72.3 Å². The summed E-state index contributed by atoms with van der Waals surface area (Å²) in [7, 11) is -3.73. The van der Waals surface area contributed by atoms with Gasteiger partial charge in [0.25, 0.3) is 5.91 Å². The quantitative estimate of drug-likeness (QED) is 0.411. The van der Waals surface area contributed by atoms with Crippen LogP contribution in [-0.4, -0.2) is 35.3 Å². The number of carbonyl (C=O) groups is 1. The van der Waals surface area contributed by atoms with Crippen molar-refractivity contribution in [1.82, 2.24) is 14.5 Å². The number of amides is 1. The Morgan fingerprint density at radius 3 is 2.55 bits per heavy atom. The molecule has 0 spiro atoms. The van der Waals surface area contributed by atoms with Gasteiger partial charge >= 0.3 is 0 Å². The first-order valence-corrected chi connectivity index (χ1v) is 12.3. The van der Waals surface area contributed by atoms with Gasteiger partial charge in [-0.3, -0.25) is 4.79 Å². The van der Waals surface area contributed by atoms with Crippen molar-refractivity contribution >= 4 is 15.7 Å². The van der Waals surface area contributed by atoms with Crippen LogP contribution in [0.2, 0.25) is 0 Å². The molecule has 0 bridgehead atoms. The van der Waals surface area contributed by atoms with Crippen LogP contribution in [0.1, 0.15) is 35.5 Å². The van der Waals surface area contributed by atoms with E-state index >= 15 is 0 Å². The van der Waals surface area contributed by atoms with Gasteiger partial charge in [0.15, 0.2) is 0 Å².